The normalized spacial score (nSPS) is 18.2. The summed E-state index contributed by atoms with van der Waals surface area (Å²) in [7, 11) is 1.62. The van der Waals surface area contributed by atoms with E-state index in [-0.39, 0.29) is 17.7 Å². The lowest BCUT2D eigenvalue weighted by molar-refractivity contribution is 0.0569. The first-order valence-electron chi connectivity index (χ1n) is 7.32. The first-order chi connectivity index (χ1) is 10.7. The number of methoxy groups -OCH3 is 1. The number of amides is 1. The maximum atomic E-state index is 12.6. The Bertz CT molecular complexity index is 719. The maximum absolute atomic E-state index is 12.6. The molecular formula is C16H18N2O4. The van der Waals surface area contributed by atoms with Gasteiger partial charge in [0, 0.05) is 6.54 Å². The molecule has 0 radical (unpaired) electrons. The molecule has 1 aromatic heterocycles. The molecule has 0 saturated carbocycles. The van der Waals surface area contributed by atoms with Gasteiger partial charge in [0.1, 0.15) is 5.75 Å². The number of aromatic amines is 1. The third-order valence-electron chi connectivity index (χ3n) is 3.98. The van der Waals surface area contributed by atoms with Crippen molar-refractivity contribution in [2.75, 3.05) is 13.7 Å². The van der Waals surface area contributed by atoms with Crippen LogP contribution in [0.15, 0.2) is 39.6 Å². The van der Waals surface area contributed by atoms with Crippen LogP contribution in [0.25, 0.3) is 0 Å². The molecule has 6 nitrogen and oxygen atoms in total. The topological polar surface area (TPSA) is 75.5 Å². The van der Waals surface area contributed by atoms with E-state index in [4.69, 9.17) is 9.26 Å². The number of piperidine rings is 1. The highest BCUT2D eigenvalue weighted by Gasteiger charge is 2.30. The van der Waals surface area contributed by atoms with Crippen LogP contribution in [-0.2, 0) is 0 Å². The molecule has 1 aliphatic heterocycles. The number of hydrogen-bond acceptors (Lipinski definition) is 4. The molecule has 22 heavy (non-hydrogen) atoms. The first-order valence-corrected chi connectivity index (χ1v) is 7.32. The monoisotopic (exact) mass is 302 g/mol. The summed E-state index contributed by atoms with van der Waals surface area (Å²) in [6.07, 6.45) is 2.89. The minimum Gasteiger partial charge on any atom is -0.497 e. The van der Waals surface area contributed by atoms with Gasteiger partial charge in [-0.1, -0.05) is 12.1 Å². The predicted molar refractivity (Wildman–Crippen MR) is 80.0 cm³/mol. The summed E-state index contributed by atoms with van der Waals surface area (Å²) >= 11 is 0. The molecule has 3 rings (SSSR count). The van der Waals surface area contributed by atoms with Crippen LogP contribution in [-0.4, -0.2) is 29.6 Å². The second kappa shape index (κ2) is 6.09. The molecule has 0 unspecified atom stereocenters. The van der Waals surface area contributed by atoms with Gasteiger partial charge >= 0.3 is 0 Å². The maximum Gasteiger partial charge on any atom is 0.293 e. The zero-order valence-electron chi connectivity index (χ0n) is 12.4. The van der Waals surface area contributed by atoms with Gasteiger partial charge in [0.2, 0.25) is 5.76 Å². The van der Waals surface area contributed by atoms with E-state index >= 15 is 0 Å². The van der Waals surface area contributed by atoms with Crippen LogP contribution in [0.5, 0.6) is 5.75 Å². The van der Waals surface area contributed by atoms with Crippen LogP contribution in [0.3, 0.4) is 0 Å². The molecule has 116 valence electrons. The molecule has 6 heteroatoms. The van der Waals surface area contributed by atoms with Crippen molar-refractivity contribution in [1.29, 1.82) is 0 Å². The van der Waals surface area contributed by atoms with E-state index in [1.165, 1.54) is 6.07 Å². The quantitative estimate of drug-likeness (QED) is 0.944. The van der Waals surface area contributed by atoms with Crippen molar-refractivity contribution in [3.05, 3.63) is 52.0 Å². The fourth-order valence-electron chi connectivity index (χ4n) is 2.90. The number of likely N-dealkylation sites (tertiary alicyclic amines) is 1. The Morgan fingerprint density at radius 3 is 2.95 bits per heavy atom. The Kier molecular flexibility index (Phi) is 4.00. The second-order valence-corrected chi connectivity index (χ2v) is 5.36. The van der Waals surface area contributed by atoms with Gasteiger partial charge < -0.3 is 14.2 Å². The van der Waals surface area contributed by atoms with Crippen LogP contribution in [0, 0.1) is 0 Å². The summed E-state index contributed by atoms with van der Waals surface area (Å²) in [6.45, 7) is 0.648. The molecule has 0 aliphatic carbocycles. The summed E-state index contributed by atoms with van der Waals surface area (Å²) in [5.74, 6) is 0.564. The number of ether oxygens (including phenoxy) is 1. The van der Waals surface area contributed by atoms with Crippen molar-refractivity contribution in [3.63, 3.8) is 0 Å². The summed E-state index contributed by atoms with van der Waals surface area (Å²) in [6, 6.07) is 8.90. The highest BCUT2D eigenvalue weighted by Crippen LogP contribution is 2.33. The molecule has 1 aliphatic rings. The van der Waals surface area contributed by atoms with Gasteiger partial charge in [0.25, 0.3) is 11.5 Å². The number of nitrogens with zero attached hydrogens (tertiary/aromatic N) is 1. The summed E-state index contributed by atoms with van der Waals surface area (Å²) in [5, 5.41) is 2.16. The van der Waals surface area contributed by atoms with E-state index < -0.39 is 5.56 Å². The van der Waals surface area contributed by atoms with Gasteiger partial charge in [0.05, 0.1) is 19.2 Å². The van der Waals surface area contributed by atoms with Gasteiger partial charge in [-0.25, -0.2) is 0 Å². The van der Waals surface area contributed by atoms with E-state index in [2.05, 4.69) is 5.16 Å². The summed E-state index contributed by atoms with van der Waals surface area (Å²) in [4.78, 5) is 25.5. The molecule has 1 N–H and O–H groups in total. The summed E-state index contributed by atoms with van der Waals surface area (Å²) in [5.41, 5.74) is 0.628. The number of carbonyl (C=O) groups excluding carboxylic acids is 1. The van der Waals surface area contributed by atoms with E-state index in [9.17, 15) is 9.59 Å². The lowest BCUT2D eigenvalue weighted by Crippen LogP contribution is -2.38. The van der Waals surface area contributed by atoms with E-state index in [0.717, 1.165) is 30.6 Å². The Hall–Kier alpha value is -2.50. The molecule has 0 bridgehead atoms. The average Bonchev–Trinajstić information content (AvgIpc) is 3.00. The third-order valence-corrected chi connectivity index (χ3v) is 3.98. The van der Waals surface area contributed by atoms with Gasteiger partial charge in [-0.2, -0.15) is 5.16 Å². The molecule has 2 heterocycles. The zero-order chi connectivity index (χ0) is 15.5. The Labute approximate surface area is 127 Å². The minimum absolute atomic E-state index is 0.0310. The Morgan fingerprint density at radius 2 is 2.23 bits per heavy atom. The number of hydrogen-bond donors (Lipinski definition) is 1. The van der Waals surface area contributed by atoms with Crippen LogP contribution < -0.4 is 10.3 Å². The van der Waals surface area contributed by atoms with Crippen molar-refractivity contribution in [1.82, 2.24) is 10.1 Å². The fraction of sp³-hybridized carbons (Fsp3) is 0.375. The standard InChI is InChI=1S/C16H18N2O4/c1-21-12-6-4-5-11(9-12)13-7-2-3-8-18(13)16(20)14-10-15(19)17-22-14/h4-6,9-10,13H,2-3,7-8H2,1H3,(H,17,19)/t13-/m0/s1. The number of H-pyrrole nitrogens is 1. The molecule has 1 atom stereocenters. The molecule has 1 fully saturated rings. The van der Waals surface area contributed by atoms with E-state index in [1.54, 1.807) is 12.0 Å². The van der Waals surface area contributed by atoms with Crippen LogP contribution in [0.4, 0.5) is 0 Å². The third kappa shape index (κ3) is 2.77. The Morgan fingerprint density at radius 1 is 1.36 bits per heavy atom. The highest BCUT2D eigenvalue weighted by atomic mass is 16.5. The molecule has 1 saturated heterocycles. The Balaban J connectivity index is 1.90. The van der Waals surface area contributed by atoms with Gasteiger partial charge in [0.15, 0.2) is 0 Å². The van der Waals surface area contributed by atoms with E-state index in [0.29, 0.717) is 6.54 Å². The molecule has 1 amide bonds. The average molecular weight is 302 g/mol. The van der Waals surface area contributed by atoms with Gasteiger partial charge in [-0.05, 0) is 37.0 Å². The van der Waals surface area contributed by atoms with Crippen molar-refractivity contribution >= 4 is 5.91 Å². The minimum atomic E-state index is -0.404. The van der Waals surface area contributed by atoms with Crippen molar-refractivity contribution in [2.45, 2.75) is 25.3 Å². The number of aromatic nitrogens is 1. The number of benzene rings is 1. The molecule has 0 spiro atoms. The lowest BCUT2D eigenvalue weighted by Gasteiger charge is -2.35. The number of nitrogens with one attached hydrogen (secondary N) is 1. The summed E-state index contributed by atoms with van der Waals surface area (Å²) < 4.78 is 10.2. The van der Waals surface area contributed by atoms with Crippen LogP contribution >= 0.6 is 0 Å². The van der Waals surface area contributed by atoms with Crippen LogP contribution in [0.1, 0.15) is 41.4 Å². The van der Waals surface area contributed by atoms with Gasteiger partial charge in [-0.15, -0.1) is 0 Å². The smallest absolute Gasteiger partial charge is 0.293 e. The van der Waals surface area contributed by atoms with Crippen molar-refractivity contribution < 1.29 is 14.1 Å². The van der Waals surface area contributed by atoms with Crippen LogP contribution in [0.2, 0.25) is 0 Å². The van der Waals surface area contributed by atoms with Gasteiger partial charge in [-0.3, -0.25) is 9.59 Å². The number of rotatable bonds is 3. The highest BCUT2D eigenvalue weighted by molar-refractivity contribution is 5.91. The lowest BCUT2D eigenvalue weighted by atomic mass is 9.95. The van der Waals surface area contributed by atoms with Crippen molar-refractivity contribution in [3.8, 4) is 5.75 Å². The molecule has 1 aromatic carbocycles. The van der Waals surface area contributed by atoms with Crippen molar-refractivity contribution in [2.24, 2.45) is 0 Å². The first kappa shape index (κ1) is 14.4. The fourth-order valence-corrected chi connectivity index (χ4v) is 2.90. The largest absolute Gasteiger partial charge is 0.497 e. The number of carbonyl (C=O) groups is 1. The molecular weight excluding hydrogens is 284 g/mol. The zero-order valence-corrected chi connectivity index (χ0v) is 12.4. The second-order valence-electron chi connectivity index (χ2n) is 5.36. The SMILES string of the molecule is COc1cccc([C@@H]2CCCCN2C(=O)c2cc(=O)[nH]o2)c1. The molecule has 2 aromatic rings. The van der Waals surface area contributed by atoms with E-state index in [1.807, 2.05) is 24.3 Å². The predicted octanol–water partition coefficient (Wildman–Crippen LogP) is 2.34.